The van der Waals surface area contributed by atoms with Gasteiger partial charge in [0.25, 0.3) is 0 Å². The highest BCUT2D eigenvalue weighted by atomic mass is 16.5. The van der Waals surface area contributed by atoms with Crippen LogP contribution in [0.3, 0.4) is 0 Å². The van der Waals surface area contributed by atoms with Crippen LogP contribution in [0.1, 0.15) is 56.6 Å². The molecule has 4 rings (SSSR count). The zero-order valence-corrected chi connectivity index (χ0v) is 16.2. The van der Waals surface area contributed by atoms with E-state index >= 15 is 0 Å². The molecule has 1 spiro atoms. The monoisotopic (exact) mass is 370 g/mol. The van der Waals surface area contributed by atoms with Crippen LogP contribution in [0.4, 0.5) is 0 Å². The summed E-state index contributed by atoms with van der Waals surface area (Å²) < 4.78 is 6.60. The summed E-state index contributed by atoms with van der Waals surface area (Å²) in [7, 11) is 0. The maximum atomic E-state index is 12.4. The molecule has 1 saturated carbocycles. The number of hydrogen-bond donors (Lipinski definition) is 1. The molecule has 1 aromatic rings. The Morgan fingerprint density at radius 3 is 2.67 bits per heavy atom. The van der Waals surface area contributed by atoms with Gasteiger partial charge in [-0.2, -0.15) is 0 Å². The van der Waals surface area contributed by atoms with Gasteiger partial charge < -0.3 is 15.0 Å². The van der Waals surface area contributed by atoms with Crippen LogP contribution in [-0.2, 0) is 26.3 Å². The molecule has 1 unspecified atom stereocenters. The van der Waals surface area contributed by atoms with Crippen molar-refractivity contribution in [2.24, 2.45) is 5.92 Å². The van der Waals surface area contributed by atoms with Crippen molar-refractivity contribution in [3.05, 3.63) is 35.4 Å². The van der Waals surface area contributed by atoms with E-state index in [0.717, 1.165) is 38.9 Å². The second kappa shape index (κ2) is 7.63. The standard InChI is InChI=1S/C22H30N2O3/c1-2-21(26)24-11-9-22(10-12-24)19-6-4-3-5-17(19)13-18(27-22)14-20(25)23-15-16-7-8-16/h3-6,16,18H,2,7-15H2,1H3,(H,23,25). The normalized spacial score (nSPS) is 23.7. The molecule has 2 fully saturated rings. The number of fused-ring (bicyclic) bond motifs is 2. The van der Waals surface area contributed by atoms with E-state index < -0.39 is 0 Å². The molecule has 146 valence electrons. The molecule has 0 bridgehead atoms. The topological polar surface area (TPSA) is 58.6 Å². The quantitative estimate of drug-likeness (QED) is 0.867. The van der Waals surface area contributed by atoms with Crippen LogP contribution in [0.25, 0.3) is 0 Å². The number of amides is 2. The van der Waals surface area contributed by atoms with E-state index in [9.17, 15) is 9.59 Å². The van der Waals surface area contributed by atoms with Gasteiger partial charge in [0.1, 0.15) is 0 Å². The molecule has 1 N–H and O–H groups in total. The van der Waals surface area contributed by atoms with Gasteiger partial charge in [0, 0.05) is 26.1 Å². The Morgan fingerprint density at radius 2 is 1.96 bits per heavy atom. The van der Waals surface area contributed by atoms with Gasteiger partial charge in [0.2, 0.25) is 11.8 Å². The van der Waals surface area contributed by atoms with Crippen molar-refractivity contribution in [2.45, 2.75) is 63.6 Å². The van der Waals surface area contributed by atoms with Crippen LogP contribution >= 0.6 is 0 Å². The zero-order valence-electron chi connectivity index (χ0n) is 16.2. The number of piperidine rings is 1. The first-order valence-electron chi connectivity index (χ1n) is 10.4. The number of nitrogens with one attached hydrogen (secondary N) is 1. The highest BCUT2D eigenvalue weighted by Gasteiger charge is 2.44. The lowest BCUT2D eigenvalue weighted by atomic mass is 9.78. The molecule has 0 radical (unpaired) electrons. The maximum absolute atomic E-state index is 12.4. The van der Waals surface area contributed by atoms with Crippen LogP contribution in [0.15, 0.2) is 24.3 Å². The molecule has 27 heavy (non-hydrogen) atoms. The van der Waals surface area contributed by atoms with Gasteiger partial charge in [-0.25, -0.2) is 0 Å². The maximum Gasteiger partial charge on any atom is 0.222 e. The second-order valence-corrected chi connectivity index (χ2v) is 8.28. The fourth-order valence-electron chi connectivity index (χ4n) is 4.51. The van der Waals surface area contributed by atoms with Crippen LogP contribution in [0, 0.1) is 5.92 Å². The largest absolute Gasteiger partial charge is 0.366 e. The average molecular weight is 370 g/mol. The third-order valence-electron chi connectivity index (χ3n) is 6.27. The lowest BCUT2D eigenvalue weighted by Gasteiger charge is -2.47. The minimum absolute atomic E-state index is 0.0903. The number of nitrogens with zero attached hydrogens (tertiary/aromatic N) is 1. The molecule has 2 heterocycles. The number of carbonyl (C=O) groups is 2. The summed E-state index contributed by atoms with van der Waals surface area (Å²) in [6.45, 7) is 4.17. The predicted molar refractivity (Wildman–Crippen MR) is 103 cm³/mol. The molecule has 1 saturated heterocycles. The van der Waals surface area contributed by atoms with Crippen molar-refractivity contribution in [1.82, 2.24) is 10.2 Å². The minimum Gasteiger partial charge on any atom is -0.366 e. The molecular formula is C22H30N2O3. The van der Waals surface area contributed by atoms with Crippen molar-refractivity contribution in [3.63, 3.8) is 0 Å². The van der Waals surface area contributed by atoms with Gasteiger partial charge in [-0.3, -0.25) is 9.59 Å². The van der Waals surface area contributed by atoms with E-state index in [-0.39, 0.29) is 23.5 Å². The third kappa shape index (κ3) is 4.03. The summed E-state index contributed by atoms with van der Waals surface area (Å²) in [6, 6.07) is 8.46. The van der Waals surface area contributed by atoms with Crippen LogP contribution in [-0.4, -0.2) is 42.5 Å². The predicted octanol–water partition coefficient (Wildman–Crippen LogP) is 2.77. The zero-order chi connectivity index (χ0) is 18.9. The Hall–Kier alpha value is -1.88. The third-order valence-corrected chi connectivity index (χ3v) is 6.27. The Morgan fingerprint density at radius 1 is 1.22 bits per heavy atom. The van der Waals surface area contributed by atoms with Gasteiger partial charge in [-0.1, -0.05) is 31.2 Å². The number of benzene rings is 1. The van der Waals surface area contributed by atoms with E-state index in [2.05, 4.69) is 29.6 Å². The Balaban J connectivity index is 1.47. The van der Waals surface area contributed by atoms with Crippen molar-refractivity contribution in [1.29, 1.82) is 0 Å². The van der Waals surface area contributed by atoms with E-state index in [1.807, 2.05) is 11.8 Å². The summed E-state index contributed by atoms with van der Waals surface area (Å²) >= 11 is 0. The summed E-state index contributed by atoms with van der Waals surface area (Å²) in [5.74, 6) is 0.999. The summed E-state index contributed by atoms with van der Waals surface area (Å²) in [5, 5.41) is 3.06. The molecule has 5 heteroatoms. The van der Waals surface area contributed by atoms with Gasteiger partial charge >= 0.3 is 0 Å². The molecule has 5 nitrogen and oxygen atoms in total. The molecule has 1 aromatic carbocycles. The molecule has 1 atom stereocenters. The molecule has 3 aliphatic rings. The van der Waals surface area contributed by atoms with Crippen molar-refractivity contribution in [2.75, 3.05) is 19.6 Å². The Bertz CT molecular complexity index is 705. The van der Waals surface area contributed by atoms with Crippen molar-refractivity contribution < 1.29 is 14.3 Å². The van der Waals surface area contributed by atoms with E-state index in [0.29, 0.717) is 18.8 Å². The molecule has 2 aliphatic heterocycles. The summed E-state index contributed by atoms with van der Waals surface area (Å²) in [5.41, 5.74) is 2.18. The Labute approximate surface area is 161 Å². The number of rotatable bonds is 5. The van der Waals surface area contributed by atoms with Crippen molar-refractivity contribution in [3.8, 4) is 0 Å². The smallest absolute Gasteiger partial charge is 0.222 e. The van der Waals surface area contributed by atoms with Crippen LogP contribution < -0.4 is 5.32 Å². The number of likely N-dealkylation sites (tertiary alicyclic amines) is 1. The van der Waals surface area contributed by atoms with E-state index in [1.54, 1.807) is 0 Å². The minimum atomic E-state index is -0.360. The van der Waals surface area contributed by atoms with Gasteiger partial charge in [-0.05, 0) is 49.1 Å². The van der Waals surface area contributed by atoms with Crippen molar-refractivity contribution >= 4 is 11.8 Å². The lowest BCUT2D eigenvalue weighted by Crippen LogP contribution is -2.50. The fourth-order valence-corrected chi connectivity index (χ4v) is 4.51. The van der Waals surface area contributed by atoms with E-state index in [4.69, 9.17) is 4.74 Å². The molecule has 0 aromatic heterocycles. The Kier molecular flexibility index (Phi) is 5.22. The second-order valence-electron chi connectivity index (χ2n) is 8.28. The fraction of sp³-hybridized carbons (Fsp3) is 0.636. The highest BCUT2D eigenvalue weighted by molar-refractivity contribution is 5.77. The first-order chi connectivity index (χ1) is 13.1. The molecule has 2 amide bonds. The van der Waals surface area contributed by atoms with Crippen LogP contribution in [0.5, 0.6) is 0 Å². The number of ether oxygens (including phenoxy) is 1. The number of carbonyl (C=O) groups excluding carboxylic acids is 2. The first-order valence-corrected chi connectivity index (χ1v) is 10.4. The molecule has 1 aliphatic carbocycles. The average Bonchev–Trinajstić information content (AvgIpc) is 3.51. The SMILES string of the molecule is CCC(=O)N1CCC2(CC1)OC(CC(=O)NCC1CC1)Cc1ccccc12. The van der Waals surface area contributed by atoms with Gasteiger partial charge in [0.15, 0.2) is 0 Å². The van der Waals surface area contributed by atoms with Gasteiger partial charge in [-0.15, -0.1) is 0 Å². The van der Waals surface area contributed by atoms with Crippen LogP contribution in [0.2, 0.25) is 0 Å². The first kappa shape index (κ1) is 18.5. The molecular weight excluding hydrogens is 340 g/mol. The van der Waals surface area contributed by atoms with Gasteiger partial charge in [0.05, 0.1) is 18.1 Å². The highest BCUT2D eigenvalue weighted by Crippen LogP contribution is 2.44. The lowest BCUT2D eigenvalue weighted by molar-refractivity contribution is -0.156. The number of hydrogen-bond acceptors (Lipinski definition) is 3. The summed E-state index contributed by atoms with van der Waals surface area (Å²) in [6.07, 6.45) is 5.74. The van der Waals surface area contributed by atoms with E-state index in [1.165, 1.54) is 24.0 Å². The summed E-state index contributed by atoms with van der Waals surface area (Å²) in [4.78, 5) is 26.4.